The minimum Gasteiger partial charge on any atom is -0.445 e. The van der Waals surface area contributed by atoms with E-state index in [0.717, 1.165) is 17.5 Å². The summed E-state index contributed by atoms with van der Waals surface area (Å²) in [5.41, 5.74) is 1.99. The topological polar surface area (TPSA) is 87.4 Å². The number of urea groups is 1. The first kappa shape index (κ1) is 17.0. The highest BCUT2D eigenvalue weighted by Crippen LogP contribution is 2.24. The van der Waals surface area contributed by atoms with Crippen LogP contribution >= 0.6 is 0 Å². The SMILES string of the molecule is CCC(C)(CCO)NC(=O)Nc1cc(-c2ncco2)ccc1C. The molecule has 0 radical (unpaired) electrons. The molecule has 0 spiro atoms. The normalized spacial score (nSPS) is 13.4. The molecule has 3 N–H and O–H groups in total. The summed E-state index contributed by atoms with van der Waals surface area (Å²) in [7, 11) is 0. The smallest absolute Gasteiger partial charge is 0.319 e. The second-order valence-corrected chi connectivity index (χ2v) is 5.83. The van der Waals surface area contributed by atoms with Crippen molar-refractivity contribution in [1.82, 2.24) is 10.3 Å². The van der Waals surface area contributed by atoms with Gasteiger partial charge in [-0.25, -0.2) is 9.78 Å². The van der Waals surface area contributed by atoms with Crippen molar-refractivity contribution in [2.24, 2.45) is 0 Å². The molecule has 0 saturated carbocycles. The lowest BCUT2D eigenvalue weighted by atomic mass is 9.95. The second kappa shape index (κ2) is 7.28. The van der Waals surface area contributed by atoms with E-state index in [4.69, 9.17) is 9.52 Å². The van der Waals surface area contributed by atoms with Gasteiger partial charge in [-0.05, 0) is 44.4 Å². The van der Waals surface area contributed by atoms with Gasteiger partial charge in [-0.15, -0.1) is 0 Å². The maximum atomic E-state index is 12.3. The number of rotatable bonds is 6. The van der Waals surface area contributed by atoms with Crippen molar-refractivity contribution >= 4 is 11.7 Å². The van der Waals surface area contributed by atoms with Gasteiger partial charge in [0.15, 0.2) is 0 Å². The molecule has 6 heteroatoms. The summed E-state index contributed by atoms with van der Waals surface area (Å²) in [5, 5.41) is 14.9. The maximum absolute atomic E-state index is 12.3. The molecular formula is C17H23N3O3. The molecule has 1 atom stereocenters. The van der Waals surface area contributed by atoms with Crippen LogP contribution in [0.3, 0.4) is 0 Å². The van der Waals surface area contributed by atoms with Gasteiger partial charge in [0, 0.05) is 23.4 Å². The summed E-state index contributed by atoms with van der Waals surface area (Å²) in [6.45, 7) is 5.84. The van der Waals surface area contributed by atoms with E-state index in [9.17, 15) is 4.79 Å². The van der Waals surface area contributed by atoms with Crippen LogP contribution in [0, 0.1) is 6.92 Å². The lowest BCUT2D eigenvalue weighted by Gasteiger charge is -2.29. The van der Waals surface area contributed by atoms with E-state index in [1.807, 2.05) is 39.0 Å². The molecule has 0 bridgehead atoms. The number of aliphatic hydroxyl groups is 1. The van der Waals surface area contributed by atoms with Crippen molar-refractivity contribution in [1.29, 1.82) is 0 Å². The van der Waals surface area contributed by atoms with Gasteiger partial charge in [0.1, 0.15) is 6.26 Å². The number of anilines is 1. The number of hydrogen-bond donors (Lipinski definition) is 3. The summed E-state index contributed by atoms with van der Waals surface area (Å²) in [6, 6.07) is 5.33. The minimum atomic E-state index is -0.438. The van der Waals surface area contributed by atoms with Gasteiger partial charge in [0.25, 0.3) is 0 Å². The van der Waals surface area contributed by atoms with Gasteiger partial charge in [0.2, 0.25) is 5.89 Å². The van der Waals surface area contributed by atoms with Crippen molar-refractivity contribution in [3.8, 4) is 11.5 Å². The molecule has 1 aromatic carbocycles. The van der Waals surface area contributed by atoms with Gasteiger partial charge in [-0.2, -0.15) is 0 Å². The average molecular weight is 317 g/mol. The van der Waals surface area contributed by atoms with E-state index in [2.05, 4.69) is 15.6 Å². The first-order valence-corrected chi connectivity index (χ1v) is 7.68. The van der Waals surface area contributed by atoms with Gasteiger partial charge in [0.05, 0.1) is 6.20 Å². The zero-order valence-corrected chi connectivity index (χ0v) is 13.7. The van der Waals surface area contributed by atoms with Crippen LogP contribution in [0.25, 0.3) is 11.5 Å². The number of aryl methyl sites for hydroxylation is 1. The van der Waals surface area contributed by atoms with E-state index in [0.29, 0.717) is 18.0 Å². The highest BCUT2D eigenvalue weighted by Gasteiger charge is 2.23. The number of amides is 2. The van der Waals surface area contributed by atoms with Gasteiger partial charge < -0.3 is 20.2 Å². The number of carbonyl (C=O) groups excluding carboxylic acids is 1. The maximum Gasteiger partial charge on any atom is 0.319 e. The molecule has 2 amide bonds. The fourth-order valence-electron chi connectivity index (χ4n) is 2.26. The molecule has 124 valence electrons. The van der Waals surface area contributed by atoms with E-state index in [1.54, 1.807) is 6.20 Å². The second-order valence-electron chi connectivity index (χ2n) is 5.83. The van der Waals surface area contributed by atoms with Crippen LogP contribution in [0.2, 0.25) is 0 Å². The Hall–Kier alpha value is -2.34. The molecule has 0 fully saturated rings. The van der Waals surface area contributed by atoms with Crippen molar-refractivity contribution in [2.75, 3.05) is 11.9 Å². The molecule has 2 aromatic rings. The van der Waals surface area contributed by atoms with Crippen molar-refractivity contribution in [2.45, 2.75) is 39.2 Å². The number of oxazole rings is 1. The summed E-state index contributed by atoms with van der Waals surface area (Å²) < 4.78 is 5.28. The molecule has 0 aliphatic rings. The number of carbonyl (C=O) groups is 1. The lowest BCUT2D eigenvalue weighted by Crippen LogP contribution is -2.48. The van der Waals surface area contributed by atoms with E-state index < -0.39 is 5.54 Å². The molecule has 0 saturated heterocycles. The molecule has 0 aliphatic carbocycles. The number of nitrogens with one attached hydrogen (secondary N) is 2. The summed E-state index contributed by atoms with van der Waals surface area (Å²) in [4.78, 5) is 16.4. The zero-order chi connectivity index (χ0) is 16.9. The summed E-state index contributed by atoms with van der Waals surface area (Å²) in [5.74, 6) is 0.507. The monoisotopic (exact) mass is 317 g/mol. The fraction of sp³-hybridized carbons (Fsp3) is 0.412. The lowest BCUT2D eigenvalue weighted by molar-refractivity contribution is 0.208. The molecule has 23 heavy (non-hydrogen) atoms. The average Bonchev–Trinajstić information content (AvgIpc) is 3.04. The van der Waals surface area contributed by atoms with Crippen molar-refractivity contribution < 1.29 is 14.3 Å². The van der Waals surface area contributed by atoms with Gasteiger partial charge >= 0.3 is 6.03 Å². The third-order valence-electron chi connectivity index (χ3n) is 4.02. The Morgan fingerprint density at radius 2 is 2.22 bits per heavy atom. The van der Waals surface area contributed by atoms with E-state index in [-0.39, 0.29) is 12.6 Å². The fourth-order valence-corrected chi connectivity index (χ4v) is 2.26. The first-order valence-electron chi connectivity index (χ1n) is 7.68. The van der Waals surface area contributed by atoms with Crippen LogP contribution in [0.4, 0.5) is 10.5 Å². The Bertz CT molecular complexity index is 655. The number of aromatic nitrogens is 1. The Morgan fingerprint density at radius 3 is 2.83 bits per heavy atom. The predicted molar refractivity (Wildman–Crippen MR) is 89.2 cm³/mol. The molecule has 2 rings (SSSR count). The number of nitrogens with zero attached hydrogens (tertiary/aromatic N) is 1. The van der Waals surface area contributed by atoms with Crippen LogP contribution in [0.5, 0.6) is 0 Å². The zero-order valence-electron chi connectivity index (χ0n) is 13.7. The van der Waals surface area contributed by atoms with Crippen LogP contribution in [0.15, 0.2) is 35.1 Å². The van der Waals surface area contributed by atoms with E-state index >= 15 is 0 Å². The quantitative estimate of drug-likeness (QED) is 0.762. The van der Waals surface area contributed by atoms with Crippen molar-refractivity contribution in [3.63, 3.8) is 0 Å². The van der Waals surface area contributed by atoms with Gasteiger partial charge in [-0.1, -0.05) is 13.0 Å². The Morgan fingerprint density at radius 1 is 1.43 bits per heavy atom. The Balaban J connectivity index is 2.13. The molecule has 6 nitrogen and oxygen atoms in total. The molecule has 0 aliphatic heterocycles. The molecule has 1 heterocycles. The molecular weight excluding hydrogens is 294 g/mol. The van der Waals surface area contributed by atoms with Gasteiger partial charge in [-0.3, -0.25) is 0 Å². The van der Waals surface area contributed by atoms with E-state index in [1.165, 1.54) is 6.26 Å². The highest BCUT2D eigenvalue weighted by molar-refractivity contribution is 5.91. The largest absolute Gasteiger partial charge is 0.445 e. The Labute approximate surface area is 135 Å². The summed E-state index contributed by atoms with van der Waals surface area (Å²) in [6.07, 6.45) is 4.33. The number of benzene rings is 1. The van der Waals surface area contributed by atoms with Crippen LogP contribution in [-0.4, -0.2) is 28.3 Å². The standard InChI is InChI=1S/C17H23N3O3/c1-4-17(3,7-9-21)20-16(22)19-14-11-13(6-5-12(14)2)15-18-8-10-23-15/h5-6,8,10-11,21H,4,7,9H2,1-3H3,(H2,19,20,22). The third kappa shape index (κ3) is 4.32. The molecule has 1 unspecified atom stereocenters. The van der Waals surface area contributed by atoms with Crippen LogP contribution in [0.1, 0.15) is 32.3 Å². The van der Waals surface area contributed by atoms with Crippen LogP contribution < -0.4 is 10.6 Å². The summed E-state index contributed by atoms with van der Waals surface area (Å²) >= 11 is 0. The number of aliphatic hydroxyl groups excluding tert-OH is 1. The van der Waals surface area contributed by atoms with Crippen molar-refractivity contribution in [3.05, 3.63) is 36.2 Å². The van der Waals surface area contributed by atoms with Crippen LogP contribution in [-0.2, 0) is 0 Å². The third-order valence-corrected chi connectivity index (χ3v) is 4.02. The first-order chi connectivity index (χ1) is 11.0. The Kier molecular flexibility index (Phi) is 5.39. The minimum absolute atomic E-state index is 0.0310. The predicted octanol–water partition coefficient (Wildman–Crippen LogP) is 3.32. The molecule has 1 aromatic heterocycles. The highest BCUT2D eigenvalue weighted by atomic mass is 16.3. The number of hydrogen-bond acceptors (Lipinski definition) is 4.